The summed E-state index contributed by atoms with van der Waals surface area (Å²) in [4.78, 5) is 35.0. The van der Waals surface area contributed by atoms with Crippen LogP contribution in [0, 0.1) is 0 Å². The van der Waals surface area contributed by atoms with Crippen LogP contribution in [0.5, 0.6) is 5.75 Å². The first kappa shape index (κ1) is 23.3. The molecule has 1 saturated heterocycles. The number of hydrogen-bond acceptors (Lipinski definition) is 6. The Bertz CT molecular complexity index is 1440. The van der Waals surface area contributed by atoms with E-state index < -0.39 is 0 Å². The highest BCUT2D eigenvalue weighted by Crippen LogP contribution is 2.28. The molecule has 2 aromatic heterocycles. The molecule has 1 N–H and O–H groups in total. The number of carbonyl (C=O) groups excluding carboxylic acids is 1. The van der Waals surface area contributed by atoms with Gasteiger partial charge in [-0.05, 0) is 43.2 Å². The van der Waals surface area contributed by atoms with Gasteiger partial charge in [0.15, 0.2) is 11.2 Å². The van der Waals surface area contributed by atoms with Crippen LogP contribution in [0.1, 0.15) is 40.5 Å². The van der Waals surface area contributed by atoms with E-state index >= 15 is 0 Å². The third-order valence-electron chi connectivity index (χ3n) is 6.25. The van der Waals surface area contributed by atoms with Crippen LogP contribution in [0.15, 0.2) is 47.3 Å². The maximum absolute atomic E-state index is 12.9. The largest absolute Gasteiger partial charge is 0.497 e. The molecule has 5 rings (SSSR count). The van der Waals surface area contributed by atoms with Crippen LogP contribution >= 0.6 is 23.2 Å². The van der Waals surface area contributed by atoms with Crippen LogP contribution in [-0.2, 0) is 6.54 Å². The first-order chi connectivity index (χ1) is 16.9. The maximum atomic E-state index is 12.9. The Morgan fingerprint density at radius 2 is 1.86 bits per heavy atom. The third kappa shape index (κ3) is 4.61. The number of nitrogens with zero attached hydrogens (tertiary/aromatic N) is 5. The monoisotopic (exact) mass is 512 g/mol. The number of aromatic nitrogens is 5. The normalized spacial score (nSPS) is 14.4. The van der Waals surface area contributed by atoms with Gasteiger partial charge in [-0.15, -0.1) is 5.10 Å². The Labute approximate surface area is 210 Å². The summed E-state index contributed by atoms with van der Waals surface area (Å²) >= 11 is 12.6. The second-order valence-corrected chi connectivity index (χ2v) is 9.18. The van der Waals surface area contributed by atoms with Crippen molar-refractivity contribution in [1.29, 1.82) is 0 Å². The third-order valence-corrected chi connectivity index (χ3v) is 6.96. The number of nitrogens with one attached hydrogen (secondary N) is 1. The molecular formula is C24H22Cl2N6O3. The van der Waals surface area contributed by atoms with Gasteiger partial charge >= 0.3 is 0 Å². The van der Waals surface area contributed by atoms with Gasteiger partial charge in [-0.3, -0.25) is 9.59 Å². The first-order valence-corrected chi connectivity index (χ1v) is 11.9. The summed E-state index contributed by atoms with van der Waals surface area (Å²) in [6.07, 6.45) is 1.34. The molecule has 0 unspecified atom stereocenters. The predicted molar refractivity (Wildman–Crippen MR) is 132 cm³/mol. The fourth-order valence-electron chi connectivity index (χ4n) is 4.31. The minimum atomic E-state index is -0.351. The molecule has 0 saturated carbocycles. The second kappa shape index (κ2) is 9.67. The number of halogens is 2. The molecule has 1 aliphatic heterocycles. The molecule has 0 atom stereocenters. The Morgan fingerprint density at radius 1 is 1.14 bits per heavy atom. The maximum Gasteiger partial charge on any atom is 0.281 e. The van der Waals surface area contributed by atoms with Gasteiger partial charge in [-0.1, -0.05) is 40.5 Å². The number of methoxy groups -OCH3 is 1. The summed E-state index contributed by atoms with van der Waals surface area (Å²) in [7, 11) is 1.57. The molecule has 0 spiro atoms. The SMILES string of the molecule is COc1cccc(C(=O)N2CCC(c3nc4c(nnn4Cc4c(Cl)cccc4Cl)c(=O)[nH]3)CC2)c1. The number of ether oxygens (including phenoxy) is 1. The Kier molecular flexibility index (Phi) is 6.44. The number of piperidine rings is 1. The van der Waals surface area contributed by atoms with E-state index in [1.54, 1.807) is 49.6 Å². The van der Waals surface area contributed by atoms with Gasteiger partial charge in [0.1, 0.15) is 11.6 Å². The van der Waals surface area contributed by atoms with E-state index in [0.717, 1.165) is 0 Å². The zero-order valence-corrected chi connectivity index (χ0v) is 20.4. The highest BCUT2D eigenvalue weighted by atomic mass is 35.5. The summed E-state index contributed by atoms with van der Waals surface area (Å²) in [6, 6.07) is 12.4. The van der Waals surface area contributed by atoms with Gasteiger partial charge in [-0.2, -0.15) is 0 Å². The van der Waals surface area contributed by atoms with Crippen molar-refractivity contribution in [2.75, 3.05) is 20.2 Å². The predicted octanol–water partition coefficient (Wildman–Crippen LogP) is 3.90. The molecule has 180 valence electrons. The van der Waals surface area contributed by atoms with Crippen LogP contribution in [0.3, 0.4) is 0 Å². The van der Waals surface area contributed by atoms with Crippen molar-refractivity contribution in [3.63, 3.8) is 0 Å². The van der Waals surface area contributed by atoms with Gasteiger partial charge in [0.2, 0.25) is 0 Å². The molecule has 3 heterocycles. The standard InChI is InChI=1S/C24H22Cl2N6O3/c1-35-16-5-2-4-15(12-16)24(34)31-10-8-14(9-11-31)21-27-22-20(23(33)28-21)29-30-32(22)13-17-18(25)6-3-7-19(17)26/h2-7,12,14H,8-11,13H2,1H3,(H,27,28,33). The Balaban J connectivity index is 1.36. The van der Waals surface area contributed by atoms with Crippen molar-refractivity contribution < 1.29 is 9.53 Å². The molecule has 0 bridgehead atoms. The molecule has 2 aromatic carbocycles. The molecule has 1 fully saturated rings. The highest BCUT2D eigenvalue weighted by Gasteiger charge is 2.27. The Hall–Kier alpha value is -3.43. The molecule has 11 heteroatoms. The second-order valence-electron chi connectivity index (χ2n) is 8.37. The molecule has 35 heavy (non-hydrogen) atoms. The average molecular weight is 513 g/mol. The summed E-state index contributed by atoms with van der Waals surface area (Å²) in [6.45, 7) is 1.34. The van der Waals surface area contributed by atoms with E-state index in [1.807, 2.05) is 4.90 Å². The van der Waals surface area contributed by atoms with Crippen LogP contribution in [0.4, 0.5) is 0 Å². The van der Waals surface area contributed by atoms with E-state index in [4.69, 9.17) is 32.9 Å². The molecule has 9 nitrogen and oxygen atoms in total. The van der Waals surface area contributed by atoms with E-state index in [1.165, 1.54) is 4.68 Å². The minimum absolute atomic E-state index is 0.00582. The molecule has 0 radical (unpaired) electrons. The minimum Gasteiger partial charge on any atom is -0.497 e. The summed E-state index contributed by atoms with van der Waals surface area (Å²) in [5.74, 6) is 1.15. The van der Waals surface area contributed by atoms with Crippen molar-refractivity contribution in [2.24, 2.45) is 0 Å². The number of fused-ring (bicyclic) bond motifs is 1. The van der Waals surface area contributed by atoms with Crippen molar-refractivity contribution in [3.05, 3.63) is 79.8 Å². The number of hydrogen-bond donors (Lipinski definition) is 1. The fourth-order valence-corrected chi connectivity index (χ4v) is 4.83. The van der Waals surface area contributed by atoms with Gasteiger partial charge in [0.05, 0.1) is 13.7 Å². The number of amides is 1. The number of carbonyl (C=O) groups is 1. The topological polar surface area (TPSA) is 106 Å². The van der Waals surface area contributed by atoms with Gasteiger partial charge in [0.25, 0.3) is 11.5 Å². The number of H-pyrrole nitrogens is 1. The van der Waals surface area contributed by atoms with E-state index in [9.17, 15) is 9.59 Å². The lowest BCUT2D eigenvalue weighted by Crippen LogP contribution is -2.38. The highest BCUT2D eigenvalue weighted by molar-refractivity contribution is 6.36. The summed E-state index contributed by atoms with van der Waals surface area (Å²) in [5, 5.41) is 9.11. The van der Waals surface area contributed by atoms with Crippen LogP contribution < -0.4 is 10.3 Å². The van der Waals surface area contributed by atoms with Crippen molar-refractivity contribution >= 4 is 40.3 Å². The lowest BCUT2D eigenvalue weighted by Gasteiger charge is -2.31. The molecule has 1 aliphatic rings. The van der Waals surface area contributed by atoms with Crippen LogP contribution in [0.25, 0.3) is 11.2 Å². The zero-order valence-electron chi connectivity index (χ0n) is 18.9. The van der Waals surface area contributed by atoms with E-state index in [-0.39, 0.29) is 29.4 Å². The number of rotatable bonds is 5. The quantitative estimate of drug-likeness (QED) is 0.434. The van der Waals surface area contributed by atoms with Gasteiger partial charge in [-0.25, -0.2) is 9.67 Å². The first-order valence-electron chi connectivity index (χ1n) is 11.1. The number of aromatic amines is 1. The van der Waals surface area contributed by atoms with Crippen LogP contribution in [0.2, 0.25) is 10.0 Å². The van der Waals surface area contributed by atoms with Crippen molar-refractivity contribution in [3.8, 4) is 5.75 Å². The van der Waals surface area contributed by atoms with E-state index in [2.05, 4.69) is 15.3 Å². The van der Waals surface area contributed by atoms with Crippen molar-refractivity contribution in [2.45, 2.75) is 25.3 Å². The Morgan fingerprint density at radius 3 is 2.57 bits per heavy atom. The van der Waals surface area contributed by atoms with Gasteiger partial charge in [0, 0.05) is 40.2 Å². The number of benzene rings is 2. The summed E-state index contributed by atoms with van der Waals surface area (Å²) in [5.41, 5.74) is 1.44. The fraction of sp³-hybridized carbons (Fsp3) is 0.292. The zero-order chi connectivity index (χ0) is 24.5. The van der Waals surface area contributed by atoms with Crippen molar-refractivity contribution in [1.82, 2.24) is 29.9 Å². The summed E-state index contributed by atoms with van der Waals surface area (Å²) < 4.78 is 6.76. The molecule has 1 amide bonds. The molecule has 0 aliphatic carbocycles. The number of likely N-dealkylation sites (tertiary alicyclic amines) is 1. The lowest BCUT2D eigenvalue weighted by molar-refractivity contribution is 0.0710. The van der Waals surface area contributed by atoms with E-state index in [0.29, 0.717) is 64.3 Å². The average Bonchev–Trinajstić information content (AvgIpc) is 3.29. The molecular weight excluding hydrogens is 491 g/mol. The van der Waals surface area contributed by atoms with Gasteiger partial charge < -0.3 is 14.6 Å². The smallest absolute Gasteiger partial charge is 0.281 e. The van der Waals surface area contributed by atoms with Crippen LogP contribution in [-0.4, -0.2) is 56.0 Å². The lowest BCUT2D eigenvalue weighted by atomic mass is 9.95. The molecule has 4 aromatic rings.